The number of rotatable bonds is 7. The van der Waals surface area contributed by atoms with Crippen molar-refractivity contribution in [3.8, 4) is 5.69 Å². The van der Waals surface area contributed by atoms with Crippen LogP contribution in [0.1, 0.15) is 13.8 Å². The molecule has 0 fully saturated rings. The van der Waals surface area contributed by atoms with E-state index in [9.17, 15) is 0 Å². The minimum absolute atomic E-state index is 0.766. The van der Waals surface area contributed by atoms with E-state index in [1.54, 1.807) is 0 Å². The fourth-order valence-electron chi connectivity index (χ4n) is 1.71. The summed E-state index contributed by atoms with van der Waals surface area (Å²) in [5, 5.41) is 7.87. The van der Waals surface area contributed by atoms with E-state index in [4.69, 9.17) is 0 Å². The van der Waals surface area contributed by atoms with Gasteiger partial charge in [-0.25, -0.2) is 4.68 Å². The van der Waals surface area contributed by atoms with E-state index >= 15 is 0 Å². The molecular formula is C15H21N3S. The van der Waals surface area contributed by atoms with Crippen molar-refractivity contribution in [2.75, 3.05) is 23.4 Å². The van der Waals surface area contributed by atoms with Crippen molar-refractivity contribution < 1.29 is 0 Å². The summed E-state index contributed by atoms with van der Waals surface area (Å²) in [5.41, 5.74) is 1.09. The van der Waals surface area contributed by atoms with Crippen molar-refractivity contribution in [1.82, 2.24) is 9.78 Å². The van der Waals surface area contributed by atoms with Gasteiger partial charge in [-0.2, -0.15) is 16.9 Å². The Morgan fingerprint density at radius 1 is 1.21 bits per heavy atom. The predicted molar refractivity (Wildman–Crippen MR) is 84.2 cm³/mol. The van der Waals surface area contributed by atoms with Crippen molar-refractivity contribution in [1.29, 1.82) is 0 Å². The minimum Gasteiger partial charge on any atom is -0.368 e. The second kappa shape index (κ2) is 7.24. The van der Waals surface area contributed by atoms with Gasteiger partial charge in [0.1, 0.15) is 5.82 Å². The quantitative estimate of drug-likeness (QED) is 0.782. The molecule has 1 heterocycles. The summed E-state index contributed by atoms with van der Waals surface area (Å²) in [6.07, 6.45) is 1.99. The van der Waals surface area contributed by atoms with Gasteiger partial charge in [-0.3, -0.25) is 0 Å². The summed E-state index contributed by atoms with van der Waals surface area (Å²) in [7, 11) is 0. The summed E-state index contributed by atoms with van der Waals surface area (Å²) >= 11 is 1.99. The van der Waals surface area contributed by atoms with Crippen LogP contribution >= 0.6 is 11.8 Å². The highest BCUT2D eigenvalue weighted by Crippen LogP contribution is 2.11. The van der Waals surface area contributed by atoms with E-state index in [0.717, 1.165) is 29.7 Å². The number of hydrogen-bond donors (Lipinski definition) is 1. The summed E-state index contributed by atoms with van der Waals surface area (Å²) in [4.78, 5) is 0. The fraction of sp³-hybridized carbons (Fsp3) is 0.400. The van der Waals surface area contributed by atoms with E-state index in [-0.39, 0.29) is 0 Å². The maximum atomic E-state index is 4.51. The number of hydrogen-bond acceptors (Lipinski definition) is 3. The van der Waals surface area contributed by atoms with Gasteiger partial charge in [0.2, 0.25) is 0 Å². The Balaban J connectivity index is 1.78. The lowest BCUT2D eigenvalue weighted by atomic mass is 10.3. The van der Waals surface area contributed by atoms with Crippen molar-refractivity contribution in [3.63, 3.8) is 0 Å². The Hall–Kier alpha value is -1.42. The van der Waals surface area contributed by atoms with Crippen molar-refractivity contribution in [2.45, 2.75) is 13.8 Å². The summed E-state index contributed by atoms with van der Waals surface area (Å²) in [5.74, 6) is 4.05. The number of nitrogens with one attached hydrogen (secondary N) is 1. The maximum Gasteiger partial charge on any atom is 0.148 e. The molecule has 2 aromatic rings. The molecule has 1 aromatic heterocycles. The van der Waals surface area contributed by atoms with Crippen molar-refractivity contribution >= 4 is 17.6 Å². The zero-order chi connectivity index (χ0) is 13.5. The Kier molecular flexibility index (Phi) is 5.33. The molecule has 1 aromatic carbocycles. The largest absolute Gasteiger partial charge is 0.368 e. The Morgan fingerprint density at radius 2 is 2.00 bits per heavy atom. The second-order valence-electron chi connectivity index (χ2n) is 4.88. The van der Waals surface area contributed by atoms with Crippen LogP contribution in [0.25, 0.3) is 5.69 Å². The number of thioether (sulfide) groups is 1. The van der Waals surface area contributed by atoms with E-state index in [1.807, 2.05) is 46.9 Å². The Morgan fingerprint density at radius 3 is 2.74 bits per heavy atom. The Bertz CT molecular complexity index is 479. The van der Waals surface area contributed by atoms with E-state index in [2.05, 4.69) is 36.4 Å². The number of aromatic nitrogens is 2. The summed E-state index contributed by atoms with van der Waals surface area (Å²) in [6, 6.07) is 12.2. The third-order valence-corrected chi connectivity index (χ3v) is 4.01. The van der Waals surface area contributed by atoms with Crippen LogP contribution in [0.4, 0.5) is 5.82 Å². The molecule has 4 heteroatoms. The molecule has 0 saturated heterocycles. The molecule has 1 N–H and O–H groups in total. The maximum absolute atomic E-state index is 4.51. The lowest BCUT2D eigenvalue weighted by Gasteiger charge is -2.05. The highest BCUT2D eigenvalue weighted by Gasteiger charge is 2.00. The third kappa shape index (κ3) is 4.63. The highest BCUT2D eigenvalue weighted by atomic mass is 32.2. The second-order valence-corrected chi connectivity index (χ2v) is 6.03. The average Bonchev–Trinajstić information content (AvgIpc) is 2.88. The molecule has 2 rings (SSSR count). The van der Waals surface area contributed by atoms with Crippen LogP contribution < -0.4 is 5.32 Å². The minimum atomic E-state index is 0.766. The molecule has 3 nitrogen and oxygen atoms in total. The van der Waals surface area contributed by atoms with Crippen LogP contribution in [0.2, 0.25) is 0 Å². The van der Waals surface area contributed by atoms with Gasteiger partial charge in [-0.05, 0) is 23.8 Å². The van der Waals surface area contributed by atoms with Gasteiger partial charge >= 0.3 is 0 Å². The summed E-state index contributed by atoms with van der Waals surface area (Å²) < 4.78 is 1.89. The van der Waals surface area contributed by atoms with Gasteiger partial charge in [-0.1, -0.05) is 32.0 Å². The number of para-hydroxylation sites is 1. The monoisotopic (exact) mass is 275 g/mol. The molecule has 0 saturated carbocycles. The molecule has 0 amide bonds. The molecular weight excluding hydrogens is 254 g/mol. The van der Waals surface area contributed by atoms with Crippen molar-refractivity contribution in [2.24, 2.45) is 5.92 Å². The molecule has 0 radical (unpaired) electrons. The summed E-state index contributed by atoms with van der Waals surface area (Å²) in [6.45, 7) is 5.47. The fourth-order valence-corrected chi connectivity index (χ4v) is 2.60. The van der Waals surface area contributed by atoms with Crippen LogP contribution in [-0.4, -0.2) is 27.8 Å². The lowest BCUT2D eigenvalue weighted by Crippen LogP contribution is -2.06. The van der Waals surface area contributed by atoms with Gasteiger partial charge < -0.3 is 5.32 Å². The smallest absolute Gasteiger partial charge is 0.148 e. The normalized spacial score (nSPS) is 10.9. The van der Waals surface area contributed by atoms with Crippen LogP contribution in [-0.2, 0) is 0 Å². The standard InChI is InChI=1S/C15H21N3S/c1-13(2)12-19-11-9-16-15-8-10-18(17-15)14-6-4-3-5-7-14/h3-8,10,13H,9,11-12H2,1-2H3,(H,16,17). The predicted octanol–water partition coefficient (Wildman–Crippen LogP) is 3.67. The molecule has 0 spiro atoms. The first-order chi connectivity index (χ1) is 9.25. The molecule has 0 aliphatic rings. The highest BCUT2D eigenvalue weighted by molar-refractivity contribution is 7.99. The first-order valence-corrected chi connectivity index (χ1v) is 7.84. The first-order valence-electron chi connectivity index (χ1n) is 6.68. The number of anilines is 1. The SMILES string of the molecule is CC(C)CSCCNc1ccn(-c2ccccc2)n1. The van der Waals surface area contributed by atoms with Gasteiger partial charge in [0, 0.05) is 24.6 Å². The zero-order valence-corrected chi connectivity index (χ0v) is 12.4. The number of nitrogens with zero attached hydrogens (tertiary/aromatic N) is 2. The molecule has 0 aliphatic carbocycles. The van der Waals surface area contributed by atoms with Gasteiger partial charge in [-0.15, -0.1) is 0 Å². The zero-order valence-electron chi connectivity index (χ0n) is 11.5. The molecule has 0 aliphatic heterocycles. The van der Waals surface area contributed by atoms with Crippen LogP contribution in [0.5, 0.6) is 0 Å². The van der Waals surface area contributed by atoms with E-state index in [1.165, 1.54) is 5.75 Å². The molecule has 102 valence electrons. The van der Waals surface area contributed by atoms with E-state index < -0.39 is 0 Å². The van der Waals surface area contributed by atoms with Crippen LogP contribution in [0.3, 0.4) is 0 Å². The van der Waals surface area contributed by atoms with Gasteiger partial charge in [0.05, 0.1) is 5.69 Å². The van der Waals surface area contributed by atoms with Gasteiger partial charge in [0.15, 0.2) is 0 Å². The molecule has 0 unspecified atom stereocenters. The topological polar surface area (TPSA) is 29.9 Å². The van der Waals surface area contributed by atoms with Crippen molar-refractivity contribution in [3.05, 3.63) is 42.6 Å². The molecule has 0 bridgehead atoms. The third-order valence-electron chi connectivity index (χ3n) is 2.61. The first kappa shape index (κ1) is 14.0. The van der Waals surface area contributed by atoms with Crippen LogP contribution in [0.15, 0.2) is 42.6 Å². The lowest BCUT2D eigenvalue weighted by molar-refractivity contribution is 0.750. The number of benzene rings is 1. The van der Waals surface area contributed by atoms with Gasteiger partial charge in [0.25, 0.3) is 0 Å². The van der Waals surface area contributed by atoms with E-state index in [0.29, 0.717) is 0 Å². The van der Waals surface area contributed by atoms with Crippen LogP contribution in [0, 0.1) is 5.92 Å². The molecule has 19 heavy (non-hydrogen) atoms. The average molecular weight is 275 g/mol. The Labute approximate surface area is 119 Å². The molecule has 0 atom stereocenters.